The molecule has 1 aliphatic heterocycles. The van der Waals surface area contributed by atoms with Crippen molar-refractivity contribution >= 4 is 23.6 Å². The first kappa shape index (κ1) is 11.7. The molecule has 0 saturated heterocycles. The first-order valence-corrected chi connectivity index (χ1v) is 6.52. The van der Waals surface area contributed by atoms with E-state index >= 15 is 0 Å². The highest BCUT2D eigenvalue weighted by molar-refractivity contribution is 6.21. The number of nitrogens with one attached hydrogen (secondary N) is 2. The lowest BCUT2D eigenvalue weighted by molar-refractivity contribution is 0.579. The van der Waals surface area contributed by atoms with Gasteiger partial charge in [-0.2, -0.15) is 0 Å². The van der Waals surface area contributed by atoms with Crippen molar-refractivity contribution in [3.05, 3.63) is 64.1 Å². The number of aromatic amines is 2. The second-order valence-electron chi connectivity index (χ2n) is 4.72. The monoisotopic (exact) mass is 277 g/mol. The zero-order valence-corrected chi connectivity index (χ0v) is 11.0. The fraction of sp³-hybridized carbons (Fsp3) is 0. The van der Waals surface area contributed by atoms with Gasteiger partial charge in [0.2, 0.25) is 0 Å². The topological polar surface area (TPSA) is 74.2 Å². The average Bonchev–Trinajstić information content (AvgIpc) is 3.21. The van der Waals surface area contributed by atoms with Gasteiger partial charge in [-0.05, 0) is 24.3 Å². The van der Waals surface area contributed by atoms with E-state index in [1.54, 1.807) is 24.6 Å². The number of allylic oxidation sites excluding steroid dienone is 1. The molecule has 0 unspecified atom stereocenters. The van der Waals surface area contributed by atoms with Crippen LogP contribution < -0.4 is 5.56 Å². The van der Waals surface area contributed by atoms with E-state index in [1.807, 2.05) is 30.3 Å². The van der Waals surface area contributed by atoms with Gasteiger partial charge < -0.3 is 4.42 Å². The lowest BCUT2D eigenvalue weighted by Gasteiger charge is -1.99. The fourth-order valence-electron chi connectivity index (χ4n) is 2.43. The minimum absolute atomic E-state index is 0.188. The van der Waals surface area contributed by atoms with E-state index in [4.69, 9.17) is 4.42 Å². The molecule has 21 heavy (non-hydrogen) atoms. The van der Waals surface area contributed by atoms with Crippen LogP contribution in [0.2, 0.25) is 0 Å². The van der Waals surface area contributed by atoms with E-state index in [-0.39, 0.29) is 5.56 Å². The maximum absolute atomic E-state index is 12.0. The molecule has 0 spiro atoms. The van der Waals surface area contributed by atoms with Crippen LogP contribution in [0, 0.1) is 0 Å². The van der Waals surface area contributed by atoms with E-state index in [0.29, 0.717) is 17.0 Å². The van der Waals surface area contributed by atoms with Crippen molar-refractivity contribution < 1.29 is 4.42 Å². The number of aromatic nitrogens is 2. The third-order valence-corrected chi connectivity index (χ3v) is 3.44. The van der Waals surface area contributed by atoms with Gasteiger partial charge in [-0.1, -0.05) is 18.2 Å². The summed E-state index contributed by atoms with van der Waals surface area (Å²) in [6.45, 7) is 0. The maximum Gasteiger partial charge on any atom is 0.271 e. The Morgan fingerprint density at radius 3 is 2.86 bits per heavy atom. The Hall–Kier alpha value is -3.08. The average molecular weight is 277 g/mol. The van der Waals surface area contributed by atoms with E-state index in [2.05, 4.69) is 15.2 Å². The number of para-hydroxylation sites is 1. The summed E-state index contributed by atoms with van der Waals surface area (Å²) in [7, 11) is 0. The standard InChI is InChI=1S/C16H11N3O2/c20-16-12(15(18-19-16)14-6-3-7-21-14)8-10-9-17-13-5-2-1-4-11(10)13/h1-9H,(H2,18,19,20)/b10-8-. The molecule has 0 amide bonds. The molecule has 5 nitrogen and oxygen atoms in total. The number of furan rings is 1. The van der Waals surface area contributed by atoms with Gasteiger partial charge in [0.05, 0.1) is 17.5 Å². The molecule has 4 rings (SSSR count). The molecule has 3 aromatic rings. The van der Waals surface area contributed by atoms with Crippen LogP contribution in [-0.2, 0) is 0 Å². The molecule has 3 heterocycles. The third-order valence-electron chi connectivity index (χ3n) is 3.44. The second-order valence-corrected chi connectivity index (χ2v) is 4.72. The van der Waals surface area contributed by atoms with E-state index in [9.17, 15) is 4.79 Å². The predicted octanol–water partition coefficient (Wildman–Crippen LogP) is 3.22. The van der Waals surface area contributed by atoms with Crippen molar-refractivity contribution in [1.82, 2.24) is 10.2 Å². The van der Waals surface area contributed by atoms with Crippen molar-refractivity contribution in [2.75, 3.05) is 0 Å². The Labute approximate surface area is 119 Å². The molecule has 102 valence electrons. The fourth-order valence-corrected chi connectivity index (χ4v) is 2.43. The van der Waals surface area contributed by atoms with Gasteiger partial charge in [-0.25, -0.2) is 0 Å². The predicted molar refractivity (Wildman–Crippen MR) is 81.6 cm³/mol. The molecular weight excluding hydrogens is 266 g/mol. The van der Waals surface area contributed by atoms with Crippen molar-refractivity contribution in [2.24, 2.45) is 4.99 Å². The minimum Gasteiger partial charge on any atom is -0.463 e. The molecular formula is C16H11N3O2. The van der Waals surface area contributed by atoms with Crippen molar-refractivity contribution in [2.45, 2.75) is 0 Å². The summed E-state index contributed by atoms with van der Waals surface area (Å²) in [5.74, 6) is 0.614. The number of rotatable bonds is 2. The molecule has 2 N–H and O–H groups in total. The molecule has 1 aromatic carbocycles. The number of hydrogen-bond acceptors (Lipinski definition) is 3. The van der Waals surface area contributed by atoms with Gasteiger partial charge in [0, 0.05) is 17.4 Å². The lowest BCUT2D eigenvalue weighted by Crippen LogP contribution is -2.02. The summed E-state index contributed by atoms with van der Waals surface area (Å²) in [6.07, 6.45) is 5.16. The van der Waals surface area contributed by atoms with Crippen LogP contribution in [0.25, 0.3) is 23.1 Å². The highest BCUT2D eigenvalue weighted by Gasteiger charge is 2.16. The molecule has 2 aromatic heterocycles. The lowest BCUT2D eigenvalue weighted by atomic mass is 10.0. The van der Waals surface area contributed by atoms with E-state index in [0.717, 1.165) is 16.8 Å². The SMILES string of the molecule is O=c1[nH][nH]c(-c2ccco2)c1/C=C1/C=Nc2ccccc21. The van der Waals surface area contributed by atoms with Crippen LogP contribution in [0.15, 0.2) is 56.9 Å². The van der Waals surface area contributed by atoms with Crippen molar-refractivity contribution in [3.63, 3.8) is 0 Å². The molecule has 0 saturated carbocycles. The van der Waals surface area contributed by atoms with Gasteiger partial charge in [0.25, 0.3) is 5.56 Å². The third kappa shape index (κ3) is 1.87. The molecule has 0 atom stereocenters. The maximum atomic E-state index is 12.0. The number of H-pyrrole nitrogens is 2. The first-order chi connectivity index (χ1) is 10.3. The van der Waals surface area contributed by atoms with Gasteiger partial charge in [-0.15, -0.1) is 0 Å². The summed E-state index contributed by atoms with van der Waals surface area (Å²) in [4.78, 5) is 16.4. The molecule has 0 fully saturated rings. The van der Waals surface area contributed by atoms with Gasteiger partial charge in [-0.3, -0.25) is 20.0 Å². The summed E-state index contributed by atoms with van der Waals surface area (Å²) in [5, 5.41) is 5.45. The number of fused-ring (bicyclic) bond motifs is 1. The Kier molecular flexibility index (Phi) is 2.50. The van der Waals surface area contributed by atoms with Crippen molar-refractivity contribution in [3.8, 4) is 11.5 Å². The van der Waals surface area contributed by atoms with Crippen molar-refractivity contribution in [1.29, 1.82) is 0 Å². The van der Waals surface area contributed by atoms with Crippen LogP contribution in [0.3, 0.4) is 0 Å². The molecule has 0 radical (unpaired) electrons. The van der Waals surface area contributed by atoms with Gasteiger partial charge >= 0.3 is 0 Å². The van der Waals surface area contributed by atoms with Crippen LogP contribution in [-0.4, -0.2) is 16.4 Å². The van der Waals surface area contributed by atoms with Crippen LogP contribution in [0.5, 0.6) is 0 Å². The number of aliphatic imine (C=N–C) groups is 1. The van der Waals surface area contributed by atoms with E-state index < -0.39 is 0 Å². The Morgan fingerprint density at radius 1 is 1.10 bits per heavy atom. The van der Waals surface area contributed by atoms with Crippen LogP contribution in [0.1, 0.15) is 11.1 Å². The van der Waals surface area contributed by atoms with Gasteiger partial charge in [0.15, 0.2) is 5.76 Å². The minimum atomic E-state index is -0.188. The zero-order valence-electron chi connectivity index (χ0n) is 11.0. The molecule has 0 aliphatic carbocycles. The van der Waals surface area contributed by atoms with Crippen LogP contribution >= 0.6 is 0 Å². The Balaban J connectivity index is 1.87. The number of hydrogen-bond donors (Lipinski definition) is 2. The smallest absolute Gasteiger partial charge is 0.271 e. The summed E-state index contributed by atoms with van der Waals surface area (Å²) in [5.41, 5.74) is 3.81. The Morgan fingerprint density at radius 2 is 2.00 bits per heavy atom. The molecule has 1 aliphatic rings. The largest absolute Gasteiger partial charge is 0.463 e. The quantitative estimate of drug-likeness (QED) is 0.754. The summed E-state index contributed by atoms with van der Waals surface area (Å²) < 4.78 is 5.35. The zero-order chi connectivity index (χ0) is 14.2. The number of benzene rings is 1. The normalized spacial score (nSPS) is 14.8. The van der Waals surface area contributed by atoms with Crippen LogP contribution in [0.4, 0.5) is 5.69 Å². The first-order valence-electron chi connectivity index (χ1n) is 6.52. The number of nitrogens with zero attached hydrogens (tertiary/aromatic N) is 1. The highest BCUT2D eigenvalue weighted by atomic mass is 16.3. The second kappa shape index (κ2) is 4.49. The van der Waals surface area contributed by atoms with Gasteiger partial charge in [0.1, 0.15) is 5.69 Å². The molecule has 5 heteroatoms. The van der Waals surface area contributed by atoms with E-state index in [1.165, 1.54) is 0 Å². The Bertz CT molecular complexity index is 911. The highest BCUT2D eigenvalue weighted by Crippen LogP contribution is 2.32. The summed E-state index contributed by atoms with van der Waals surface area (Å²) in [6, 6.07) is 11.4. The summed E-state index contributed by atoms with van der Waals surface area (Å²) >= 11 is 0. The molecule has 0 bridgehead atoms.